The van der Waals surface area contributed by atoms with Gasteiger partial charge in [0.15, 0.2) is 0 Å². The Bertz CT molecular complexity index is 666. The summed E-state index contributed by atoms with van der Waals surface area (Å²) in [7, 11) is -4.94. The number of halogens is 1. The normalized spacial score (nSPS) is 26.0. The van der Waals surface area contributed by atoms with E-state index in [1.807, 2.05) is 0 Å². The van der Waals surface area contributed by atoms with Crippen LogP contribution < -0.4 is 18.6 Å². The van der Waals surface area contributed by atoms with E-state index in [-0.39, 0.29) is 0 Å². The lowest BCUT2D eigenvalue weighted by Crippen LogP contribution is -2.68. The van der Waals surface area contributed by atoms with Gasteiger partial charge in [-0.2, -0.15) is 0 Å². The Labute approximate surface area is 168 Å². The van der Waals surface area contributed by atoms with Gasteiger partial charge in [0, 0.05) is 12.8 Å². The number of benzene rings is 2. The molecule has 0 spiro atoms. The van der Waals surface area contributed by atoms with E-state index in [4.69, 9.17) is 18.6 Å². The molecule has 0 amide bonds. The van der Waals surface area contributed by atoms with Crippen molar-refractivity contribution in [2.24, 2.45) is 0 Å². The number of hydrogen-bond donors (Lipinski definition) is 0. The first-order valence-electron chi connectivity index (χ1n) is 9.68. The average molecular weight is 408 g/mol. The first-order chi connectivity index (χ1) is 13.3. The number of fused-ring (bicyclic) bond motifs is 2. The van der Waals surface area contributed by atoms with Gasteiger partial charge in [0.25, 0.3) is 0 Å². The number of quaternary nitrogens is 2. The molecular formula is C21H28ClN2O4+. The van der Waals surface area contributed by atoms with Gasteiger partial charge in [-0.3, -0.25) is 8.97 Å². The van der Waals surface area contributed by atoms with Crippen LogP contribution in [0.3, 0.4) is 0 Å². The molecule has 4 rings (SSSR count). The third-order valence-corrected chi connectivity index (χ3v) is 6.13. The Morgan fingerprint density at radius 3 is 1.25 bits per heavy atom. The van der Waals surface area contributed by atoms with Gasteiger partial charge >= 0.3 is 0 Å². The van der Waals surface area contributed by atoms with Crippen molar-refractivity contribution in [1.29, 1.82) is 0 Å². The molecule has 152 valence electrons. The number of hydrogen-bond acceptors (Lipinski definition) is 4. The molecule has 2 aliphatic rings. The zero-order valence-corrected chi connectivity index (χ0v) is 16.8. The summed E-state index contributed by atoms with van der Waals surface area (Å²) < 4.78 is 36.7. The zero-order chi connectivity index (χ0) is 20.1. The summed E-state index contributed by atoms with van der Waals surface area (Å²) in [4.78, 5) is 0. The highest BCUT2D eigenvalue weighted by Crippen LogP contribution is 2.32. The monoisotopic (exact) mass is 407 g/mol. The highest BCUT2D eigenvalue weighted by Gasteiger charge is 2.54. The topological polar surface area (TPSA) is 92.2 Å². The summed E-state index contributed by atoms with van der Waals surface area (Å²) in [5.74, 6) is 0. The minimum absolute atomic E-state index is 1.24. The van der Waals surface area contributed by atoms with E-state index >= 15 is 0 Å². The summed E-state index contributed by atoms with van der Waals surface area (Å²) in [6.07, 6.45) is 2.47. The molecule has 0 saturated carbocycles. The molecule has 2 heterocycles. The summed E-state index contributed by atoms with van der Waals surface area (Å²) in [6.45, 7) is 9.59. The molecule has 2 bridgehead atoms. The molecule has 2 aromatic rings. The van der Waals surface area contributed by atoms with Crippen LogP contribution in [0.5, 0.6) is 0 Å². The van der Waals surface area contributed by atoms with Crippen LogP contribution in [0.25, 0.3) is 0 Å². The third-order valence-electron chi connectivity index (χ3n) is 6.13. The smallest absolute Gasteiger partial charge is 0.208 e. The highest BCUT2D eigenvalue weighted by atomic mass is 35.7. The summed E-state index contributed by atoms with van der Waals surface area (Å²) in [5.41, 5.74) is 3.00. The molecule has 2 fully saturated rings. The molecule has 0 unspecified atom stereocenters. The summed E-state index contributed by atoms with van der Waals surface area (Å²) in [5, 5.41) is 0. The Morgan fingerprint density at radius 2 is 0.929 bits per heavy atom. The number of nitrogens with zero attached hydrogens (tertiary/aromatic N) is 2. The molecule has 0 radical (unpaired) electrons. The van der Waals surface area contributed by atoms with Crippen LogP contribution in [-0.2, 0) is 12.8 Å². The lowest BCUT2D eigenvalue weighted by molar-refractivity contribution is -2.00. The standard InChI is InChI=1S/C21H28N2.ClHO4/c1-3-7-20(8-4-1)11-13-22-15-17-23(19-22,18-16-22)14-12-21-9-5-2-6-10-21;2-1(3,4)5/h1-10H,11-19H2;(H,2,3,4,5)/q+2;/p-1. The summed E-state index contributed by atoms with van der Waals surface area (Å²) >= 11 is 0. The molecule has 2 saturated heterocycles. The van der Waals surface area contributed by atoms with Crippen molar-refractivity contribution in [2.75, 3.05) is 45.9 Å². The zero-order valence-electron chi connectivity index (χ0n) is 16.0. The lowest BCUT2D eigenvalue weighted by atomic mass is 10.1. The van der Waals surface area contributed by atoms with Crippen molar-refractivity contribution in [1.82, 2.24) is 0 Å². The fraction of sp³-hybridized carbons (Fsp3) is 0.429. The van der Waals surface area contributed by atoms with Crippen molar-refractivity contribution in [2.45, 2.75) is 12.8 Å². The van der Waals surface area contributed by atoms with Gasteiger partial charge in [-0.1, -0.05) is 60.7 Å². The molecule has 0 aliphatic carbocycles. The van der Waals surface area contributed by atoms with Crippen molar-refractivity contribution in [3.63, 3.8) is 0 Å². The Balaban J connectivity index is 0.000000403. The van der Waals surface area contributed by atoms with Crippen LogP contribution in [0, 0.1) is 10.2 Å². The molecule has 2 aromatic carbocycles. The van der Waals surface area contributed by atoms with E-state index < -0.39 is 10.2 Å². The molecular weight excluding hydrogens is 380 g/mol. The van der Waals surface area contributed by atoms with Gasteiger partial charge in [0.05, 0.1) is 13.1 Å². The SMILES string of the molecule is [O-][Cl+3]([O-])([O-])[O-].c1ccc(CC[N+]23CC[N+](CCc4ccccc4)(CC2)C3)cc1. The van der Waals surface area contributed by atoms with E-state index in [2.05, 4.69) is 60.7 Å². The van der Waals surface area contributed by atoms with E-state index in [9.17, 15) is 0 Å². The Kier molecular flexibility index (Phi) is 6.73. The van der Waals surface area contributed by atoms with Crippen LogP contribution in [0.1, 0.15) is 11.1 Å². The molecule has 0 N–H and O–H groups in total. The molecule has 0 atom stereocenters. The van der Waals surface area contributed by atoms with Gasteiger partial charge in [0.1, 0.15) is 26.2 Å². The first kappa shape index (κ1) is 21.2. The van der Waals surface area contributed by atoms with E-state index in [1.165, 1.54) is 78.9 Å². The van der Waals surface area contributed by atoms with Gasteiger partial charge in [-0.15, -0.1) is 10.2 Å². The lowest BCUT2D eigenvalue weighted by Gasteiger charge is -2.27. The predicted molar refractivity (Wildman–Crippen MR) is 94.9 cm³/mol. The second-order valence-corrected chi connectivity index (χ2v) is 8.77. The Morgan fingerprint density at radius 1 is 0.607 bits per heavy atom. The maximum atomic E-state index is 8.49. The van der Waals surface area contributed by atoms with E-state index in [0.29, 0.717) is 0 Å². The van der Waals surface area contributed by atoms with Gasteiger partial charge in [-0.25, -0.2) is 18.6 Å². The molecule has 28 heavy (non-hydrogen) atoms. The average Bonchev–Trinajstić information content (AvgIpc) is 3.22. The quantitative estimate of drug-likeness (QED) is 0.535. The van der Waals surface area contributed by atoms with Crippen LogP contribution >= 0.6 is 0 Å². The van der Waals surface area contributed by atoms with Crippen molar-refractivity contribution in [3.05, 3.63) is 71.8 Å². The van der Waals surface area contributed by atoms with Crippen LogP contribution in [0.4, 0.5) is 0 Å². The van der Waals surface area contributed by atoms with Crippen LogP contribution in [0.15, 0.2) is 60.7 Å². The van der Waals surface area contributed by atoms with Crippen molar-refractivity contribution < 1.29 is 37.8 Å². The fourth-order valence-corrected chi connectivity index (χ4v) is 4.60. The molecule has 6 nitrogen and oxygen atoms in total. The van der Waals surface area contributed by atoms with E-state index in [0.717, 1.165) is 0 Å². The third kappa shape index (κ3) is 6.25. The molecule has 7 heteroatoms. The minimum Gasteiger partial charge on any atom is -0.268 e. The van der Waals surface area contributed by atoms with Crippen LogP contribution in [0.2, 0.25) is 0 Å². The number of rotatable bonds is 6. The Hall–Kier alpha value is -1.51. The van der Waals surface area contributed by atoms with Crippen molar-refractivity contribution >= 4 is 0 Å². The molecule has 0 aromatic heterocycles. The molecule has 2 aliphatic heterocycles. The minimum atomic E-state index is -4.94. The maximum absolute atomic E-state index is 8.49. The van der Waals surface area contributed by atoms with E-state index in [1.54, 1.807) is 0 Å². The first-order valence-corrected chi connectivity index (χ1v) is 10.9. The van der Waals surface area contributed by atoms with Crippen molar-refractivity contribution in [3.8, 4) is 0 Å². The second-order valence-electron chi connectivity index (χ2n) is 8.02. The largest absolute Gasteiger partial charge is 0.268 e. The van der Waals surface area contributed by atoms with Crippen LogP contribution in [-0.4, -0.2) is 54.9 Å². The maximum Gasteiger partial charge on any atom is 0.208 e. The second kappa shape index (κ2) is 8.88. The van der Waals surface area contributed by atoms with Gasteiger partial charge < -0.3 is 0 Å². The highest BCUT2D eigenvalue weighted by molar-refractivity contribution is 5.15. The van der Waals surface area contributed by atoms with Gasteiger partial charge in [0.2, 0.25) is 6.67 Å². The van der Waals surface area contributed by atoms with Gasteiger partial charge in [-0.05, 0) is 11.1 Å². The summed E-state index contributed by atoms with van der Waals surface area (Å²) in [6, 6.07) is 22.0. The predicted octanol–water partition coefficient (Wildman–Crippen LogP) is -1.67. The fourth-order valence-electron chi connectivity index (χ4n) is 4.60. The number of piperazine rings is 1.